The zero-order valence-electron chi connectivity index (χ0n) is 17.9. The van der Waals surface area contributed by atoms with E-state index in [2.05, 4.69) is 29.6 Å². The van der Waals surface area contributed by atoms with Crippen LogP contribution in [0.3, 0.4) is 0 Å². The van der Waals surface area contributed by atoms with Gasteiger partial charge in [0, 0.05) is 24.6 Å². The molecule has 1 aliphatic carbocycles. The molecule has 4 rings (SSSR count). The standard InChI is InChI=1S/C25H26N2O5/c1-16(23(28)27-14-6-11-22(27)24(29)30)12-13-26-25(31)32-15-21-19-9-4-2-7-17(19)18-8-3-5-10-20(18)21/h2-5,7-10,12,21-22H,6,11,13-15H2,1H3,(H,26,31)(H,29,30)/b16-12+/t22-/m1/s1. The minimum absolute atomic E-state index is 0.0184. The lowest BCUT2D eigenvalue weighted by Gasteiger charge is -2.21. The molecule has 0 aromatic heterocycles. The minimum atomic E-state index is -0.986. The number of hydrogen-bond acceptors (Lipinski definition) is 4. The van der Waals surface area contributed by atoms with Gasteiger partial charge in [-0.05, 0) is 42.0 Å². The third kappa shape index (κ3) is 4.23. The average molecular weight is 434 g/mol. The smallest absolute Gasteiger partial charge is 0.407 e. The number of nitrogens with zero attached hydrogens (tertiary/aromatic N) is 1. The Morgan fingerprint density at radius 1 is 1.09 bits per heavy atom. The number of carbonyl (C=O) groups excluding carboxylic acids is 2. The molecular formula is C25H26N2O5. The van der Waals surface area contributed by atoms with Crippen LogP contribution < -0.4 is 5.32 Å². The first-order chi connectivity index (χ1) is 15.5. The molecule has 7 nitrogen and oxygen atoms in total. The fraction of sp³-hybridized carbons (Fsp3) is 0.320. The van der Waals surface area contributed by atoms with Gasteiger partial charge in [0.25, 0.3) is 0 Å². The first kappa shape index (κ1) is 21.6. The van der Waals surface area contributed by atoms with Crippen molar-refractivity contribution in [2.75, 3.05) is 19.7 Å². The molecule has 1 aliphatic heterocycles. The number of carboxylic acids is 1. The monoisotopic (exact) mass is 434 g/mol. The number of likely N-dealkylation sites (tertiary alicyclic amines) is 1. The van der Waals surface area contributed by atoms with Crippen molar-refractivity contribution in [3.8, 4) is 11.1 Å². The summed E-state index contributed by atoms with van der Waals surface area (Å²) in [6.45, 7) is 2.40. The van der Waals surface area contributed by atoms with Crippen molar-refractivity contribution in [1.29, 1.82) is 0 Å². The van der Waals surface area contributed by atoms with Gasteiger partial charge in [-0.2, -0.15) is 0 Å². The van der Waals surface area contributed by atoms with Gasteiger partial charge in [0.15, 0.2) is 0 Å². The molecule has 2 aromatic rings. The number of carboxylic acid groups (broad SMARTS) is 1. The number of fused-ring (bicyclic) bond motifs is 3. The minimum Gasteiger partial charge on any atom is -0.480 e. The highest BCUT2D eigenvalue weighted by Gasteiger charge is 2.34. The van der Waals surface area contributed by atoms with E-state index >= 15 is 0 Å². The van der Waals surface area contributed by atoms with E-state index in [1.54, 1.807) is 13.0 Å². The zero-order chi connectivity index (χ0) is 22.7. The zero-order valence-corrected chi connectivity index (χ0v) is 17.9. The summed E-state index contributed by atoms with van der Waals surface area (Å²) in [6, 6.07) is 15.5. The van der Waals surface area contributed by atoms with E-state index in [-0.39, 0.29) is 25.0 Å². The van der Waals surface area contributed by atoms with Crippen LogP contribution in [0.15, 0.2) is 60.2 Å². The highest BCUT2D eigenvalue weighted by Crippen LogP contribution is 2.44. The number of aliphatic carboxylic acids is 1. The lowest BCUT2D eigenvalue weighted by Crippen LogP contribution is -2.41. The molecule has 1 atom stereocenters. The number of alkyl carbamates (subject to hydrolysis) is 1. The van der Waals surface area contributed by atoms with Crippen molar-refractivity contribution in [2.45, 2.75) is 31.7 Å². The van der Waals surface area contributed by atoms with Gasteiger partial charge in [-0.1, -0.05) is 54.6 Å². The van der Waals surface area contributed by atoms with Gasteiger partial charge in [-0.25, -0.2) is 9.59 Å². The number of benzene rings is 2. The molecule has 0 bridgehead atoms. The summed E-state index contributed by atoms with van der Waals surface area (Å²) in [5, 5.41) is 11.9. The molecule has 0 spiro atoms. The summed E-state index contributed by atoms with van der Waals surface area (Å²) in [4.78, 5) is 37.4. The van der Waals surface area contributed by atoms with Gasteiger partial charge < -0.3 is 20.1 Å². The number of amides is 2. The van der Waals surface area contributed by atoms with E-state index in [1.165, 1.54) is 4.90 Å². The van der Waals surface area contributed by atoms with Gasteiger partial charge in [0.2, 0.25) is 5.91 Å². The molecule has 1 saturated heterocycles. The molecule has 7 heteroatoms. The van der Waals surface area contributed by atoms with Crippen LogP contribution >= 0.6 is 0 Å². The Balaban J connectivity index is 1.31. The fourth-order valence-corrected chi connectivity index (χ4v) is 4.52. The molecule has 0 radical (unpaired) electrons. The summed E-state index contributed by atoms with van der Waals surface area (Å²) in [7, 11) is 0. The second-order valence-corrected chi connectivity index (χ2v) is 8.09. The topological polar surface area (TPSA) is 95.9 Å². The third-order valence-electron chi connectivity index (χ3n) is 6.13. The van der Waals surface area contributed by atoms with E-state index in [0.717, 1.165) is 22.3 Å². The van der Waals surface area contributed by atoms with E-state index < -0.39 is 18.1 Å². The van der Waals surface area contributed by atoms with Crippen LogP contribution in [0.25, 0.3) is 11.1 Å². The maximum absolute atomic E-state index is 12.5. The first-order valence-electron chi connectivity index (χ1n) is 10.8. The maximum Gasteiger partial charge on any atom is 0.407 e. The van der Waals surface area contributed by atoms with Crippen LogP contribution in [0.5, 0.6) is 0 Å². The van der Waals surface area contributed by atoms with Crippen LogP contribution in [0, 0.1) is 0 Å². The van der Waals surface area contributed by atoms with Crippen LogP contribution in [-0.4, -0.2) is 53.7 Å². The van der Waals surface area contributed by atoms with Gasteiger partial charge in [0.05, 0.1) is 0 Å². The summed E-state index contributed by atoms with van der Waals surface area (Å²) in [6.07, 6.45) is 2.16. The molecule has 0 saturated carbocycles. The molecule has 2 amide bonds. The Morgan fingerprint density at radius 2 is 1.72 bits per heavy atom. The molecular weight excluding hydrogens is 408 g/mol. The van der Waals surface area contributed by atoms with Crippen LogP contribution in [0.4, 0.5) is 4.79 Å². The molecule has 166 valence electrons. The quantitative estimate of drug-likeness (QED) is 0.678. The summed E-state index contributed by atoms with van der Waals surface area (Å²) >= 11 is 0. The van der Waals surface area contributed by atoms with Crippen molar-refractivity contribution in [3.63, 3.8) is 0 Å². The van der Waals surface area contributed by atoms with Crippen molar-refractivity contribution >= 4 is 18.0 Å². The van der Waals surface area contributed by atoms with Gasteiger partial charge in [-0.15, -0.1) is 0 Å². The third-order valence-corrected chi connectivity index (χ3v) is 6.13. The lowest BCUT2D eigenvalue weighted by molar-refractivity contribution is -0.146. The molecule has 32 heavy (non-hydrogen) atoms. The first-order valence-corrected chi connectivity index (χ1v) is 10.8. The molecule has 2 N–H and O–H groups in total. The van der Waals surface area contributed by atoms with Crippen LogP contribution in [-0.2, 0) is 14.3 Å². The SMILES string of the molecule is C/C(=C\CNC(=O)OCC1c2ccccc2-c2ccccc21)C(=O)N1CCC[C@@H]1C(=O)O. The van der Waals surface area contributed by atoms with Crippen molar-refractivity contribution in [3.05, 3.63) is 71.3 Å². The molecule has 1 fully saturated rings. The van der Waals surface area contributed by atoms with Crippen molar-refractivity contribution in [2.24, 2.45) is 0 Å². The number of hydrogen-bond donors (Lipinski definition) is 2. The van der Waals surface area contributed by atoms with Crippen molar-refractivity contribution in [1.82, 2.24) is 10.2 Å². The Bertz CT molecular complexity index is 1030. The molecule has 0 unspecified atom stereocenters. The van der Waals surface area contributed by atoms with Gasteiger partial charge >= 0.3 is 12.1 Å². The Kier molecular flexibility index (Phi) is 6.25. The Morgan fingerprint density at radius 3 is 2.34 bits per heavy atom. The lowest BCUT2D eigenvalue weighted by atomic mass is 9.98. The molecule has 2 aromatic carbocycles. The van der Waals surface area contributed by atoms with Crippen LogP contribution in [0.2, 0.25) is 0 Å². The number of nitrogens with one attached hydrogen (secondary N) is 1. The number of ether oxygens (including phenoxy) is 1. The highest BCUT2D eigenvalue weighted by molar-refractivity contribution is 5.95. The predicted octanol–water partition coefficient (Wildman–Crippen LogP) is 3.55. The average Bonchev–Trinajstić information content (AvgIpc) is 3.41. The maximum atomic E-state index is 12.5. The normalized spacial score (nSPS) is 17.6. The molecule has 1 heterocycles. The van der Waals surface area contributed by atoms with Gasteiger partial charge in [-0.3, -0.25) is 4.79 Å². The van der Waals surface area contributed by atoms with Crippen molar-refractivity contribution < 1.29 is 24.2 Å². The van der Waals surface area contributed by atoms with Gasteiger partial charge in [0.1, 0.15) is 12.6 Å². The van der Waals surface area contributed by atoms with E-state index in [9.17, 15) is 19.5 Å². The van der Waals surface area contributed by atoms with E-state index in [1.807, 2.05) is 24.3 Å². The predicted molar refractivity (Wildman–Crippen MR) is 119 cm³/mol. The number of rotatable bonds is 6. The van der Waals surface area contributed by atoms with E-state index in [0.29, 0.717) is 25.0 Å². The summed E-state index contributed by atoms with van der Waals surface area (Å²) < 4.78 is 5.48. The summed E-state index contributed by atoms with van der Waals surface area (Å²) in [5.41, 5.74) is 5.01. The second kappa shape index (κ2) is 9.26. The Labute approximate surface area is 186 Å². The largest absolute Gasteiger partial charge is 0.480 e. The summed E-state index contributed by atoms with van der Waals surface area (Å²) in [5.74, 6) is -1.32. The fourth-order valence-electron chi connectivity index (χ4n) is 4.52. The van der Waals surface area contributed by atoms with Crippen LogP contribution in [0.1, 0.15) is 36.8 Å². The highest BCUT2D eigenvalue weighted by atomic mass is 16.5. The molecule has 2 aliphatic rings. The number of carbonyl (C=O) groups is 3. The second-order valence-electron chi connectivity index (χ2n) is 8.09. The van der Waals surface area contributed by atoms with E-state index in [4.69, 9.17) is 4.74 Å². The Hall–Kier alpha value is -3.61.